The van der Waals surface area contributed by atoms with E-state index >= 15 is 0 Å². The van der Waals surface area contributed by atoms with Crippen LogP contribution in [0.5, 0.6) is 0 Å². The van der Waals surface area contributed by atoms with E-state index < -0.39 is 0 Å². The highest BCUT2D eigenvalue weighted by Gasteiger charge is 2.19. The van der Waals surface area contributed by atoms with Crippen molar-refractivity contribution in [3.05, 3.63) is 158 Å². The smallest absolute Gasteiger partial charge is 0.0434 e. The molecule has 0 amide bonds. The quantitative estimate of drug-likeness (QED) is 0.214. The minimum absolute atomic E-state index is 1.23. The molecule has 7 rings (SSSR count). The van der Waals surface area contributed by atoms with E-state index in [1.165, 1.54) is 65.0 Å². The van der Waals surface area contributed by atoms with Gasteiger partial charge in [0.25, 0.3) is 0 Å². The van der Waals surface area contributed by atoms with Crippen LogP contribution in [0.2, 0.25) is 0 Å². The maximum atomic E-state index is 2.38. The zero-order valence-electron chi connectivity index (χ0n) is 21.4. The molecular formula is C38H26S. The van der Waals surface area contributed by atoms with Crippen LogP contribution in [0.1, 0.15) is 0 Å². The summed E-state index contributed by atoms with van der Waals surface area (Å²) in [5.41, 5.74) is 9.99. The monoisotopic (exact) mass is 514 g/mol. The van der Waals surface area contributed by atoms with Gasteiger partial charge in [0, 0.05) is 31.7 Å². The van der Waals surface area contributed by atoms with Crippen LogP contribution in [0.15, 0.2) is 158 Å². The summed E-state index contributed by atoms with van der Waals surface area (Å²) in [6, 6.07) is 56.7. The van der Waals surface area contributed by atoms with E-state index in [2.05, 4.69) is 158 Å². The van der Waals surface area contributed by atoms with Crippen LogP contribution in [0.25, 0.3) is 65.0 Å². The van der Waals surface area contributed by atoms with Crippen molar-refractivity contribution in [2.45, 2.75) is 0 Å². The van der Waals surface area contributed by atoms with Gasteiger partial charge in [-0.25, -0.2) is 0 Å². The van der Waals surface area contributed by atoms with E-state index in [0.717, 1.165) is 0 Å². The van der Waals surface area contributed by atoms with Crippen molar-refractivity contribution in [1.29, 1.82) is 0 Å². The van der Waals surface area contributed by atoms with Crippen molar-refractivity contribution in [2.75, 3.05) is 0 Å². The molecule has 6 aromatic carbocycles. The Morgan fingerprint density at radius 2 is 0.718 bits per heavy atom. The third-order valence-electron chi connectivity index (χ3n) is 7.33. The van der Waals surface area contributed by atoms with Crippen LogP contribution < -0.4 is 0 Å². The molecule has 1 aromatic heterocycles. The van der Waals surface area contributed by atoms with Gasteiger partial charge in [-0.1, -0.05) is 152 Å². The van der Waals surface area contributed by atoms with Gasteiger partial charge in [-0.15, -0.1) is 11.3 Å². The van der Waals surface area contributed by atoms with Gasteiger partial charge in [-0.05, 0) is 39.4 Å². The number of hydrogen-bond acceptors (Lipinski definition) is 1. The molecule has 7 aromatic rings. The van der Waals surface area contributed by atoms with Gasteiger partial charge in [0.1, 0.15) is 0 Å². The average molecular weight is 515 g/mol. The number of hydrogen-bond donors (Lipinski definition) is 0. The first-order chi connectivity index (χ1) is 19.4. The number of fused-ring (bicyclic) bond motifs is 1. The highest BCUT2D eigenvalue weighted by Crippen LogP contribution is 2.49. The average Bonchev–Trinajstić information content (AvgIpc) is 3.41. The van der Waals surface area contributed by atoms with E-state index in [-0.39, 0.29) is 0 Å². The third-order valence-corrected chi connectivity index (χ3v) is 8.62. The Bertz CT molecular complexity index is 1880. The fourth-order valence-electron chi connectivity index (χ4n) is 5.45. The molecule has 0 aliphatic heterocycles. The zero-order valence-corrected chi connectivity index (χ0v) is 22.2. The molecule has 0 fully saturated rings. The summed E-state index contributed by atoms with van der Waals surface area (Å²) < 4.78 is 0. The molecular weight excluding hydrogens is 488 g/mol. The predicted molar refractivity (Wildman–Crippen MR) is 169 cm³/mol. The molecule has 0 atom stereocenters. The summed E-state index contributed by atoms with van der Waals surface area (Å²) in [5.74, 6) is 0. The molecule has 1 heteroatoms. The number of thiophene rings is 1. The van der Waals surface area contributed by atoms with Crippen molar-refractivity contribution < 1.29 is 0 Å². The van der Waals surface area contributed by atoms with Crippen LogP contribution >= 0.6 is 11.3 Å². The van der Waals surface area contributed by atoms with Gasteiger partial charge in [-0.2, -0.15) is 0 Å². The second-order valence-electron chi connectivity index (χ2n) is 9.71. The van der Waals surface area contributed by atoms with Crippen LogP contribution in [0.4, 0.5) is 0 Å². The first kappa shape index (κ1) is 23.4. The summed E-state index contributed by atoms with van der Waals surface area (Å²) in [6.07, 6.45) is 0. The highest BCUT2D eigenvalue weighted by molar-refractivity contribution is 7.21. The largest absolute Gasteiger partial charge is 0.134 e. The van der Waals surface area contributed by atoms with Crippen molar-refractivity contribution in [3.8, 4) is 54.3 Å². The normalized spacial score (nSPS) is 11.1. The molecule has 0 N–H and O–H groups in total. The first-order valence-corrected chi connectivity index (χ1v) is 14.1. The summed E-state index contributed by atoms with van der Waals surface area (Å²) in [6.45, 7) is 0. The lowest BCUT2D eigenvalue weighted by Gasteiger charge is -2.12. The molecule has 0 aliphatic rings. The van der Waals surface area contributed by atoms with Crippen LogP contribution in [0.3, 0.4) is 0 Å². The molecule has 0 saturated carbocycles. The van der Waals surface area contributed by atoms with E-state index in [4.69, 9.17) is 0 Å². The van der Waals surface area contributed by atoms with Crippen LogP contribution in [-0.4, -0.2) is 0 Å². The van der Waals surface area contributed by atoms with Gasteiger partial charge in [-0.3, -0.25) is 0 Å². The minimum atomic E-state index is 1.23. The van der Waals surface area contributed by atoms with Crippen molar-refractivity contribution >= 4 is 22.1 Å². The fourth-order valence-corrected chi connectivity index (χ4v) is 6.80. The Morgan fingerprint density at radius 3 is 1.31 bits per heavy atom. The molecule has 0 aliphatic carbocycles. The second-order valence-corrected chi connectivity index (χ2v) is 10.7. The SMILES string of the molecule is c1ccc(-c2ccc(-c3ccccc3)c(-c3sc(-c4ccccc4-c4ccccc4)c4ccccc34)c2)cc1. The summed E-state index contributed by atoms with van der Waals surface area (Å²) in [7, 11) is 0. The van der Waals surface area contributed by atoms with Gasteiger partial charge in [0.05, 0.1) is 0 Å². The standard InChI is InChI=1S/C38H26S/c1-4-14-27(15-5-1)30-24-25-32(29-18-8-3-9-19-29)36(26-30)38-35-23-13-12-22-34(35)37(39-38)33-21-11-10-20-31(33)28-16-6-2-7-17-28/h1-26H. The zero-order chi connectivity index (χ0) is 26.0. The van der Waals surface area contributed by atoms with Gasteiger partial charge >= 0.3 is 0 Å². The molecule has 0 radical (unpaired) electrons. The summed E-state index contributed by atoms with van der Waals surface area (Å²) in [5, 5.41) is 2.59. The Hall–Kier alpha value is -4.72. The topological polar surface area (TPSA) is 0 Å². The lowest BCUT2D eigenvalue weighted by molar-refractivity contribution is 1.59. The molecule has 1 heterocycles. The molecule has 39 heavy (non-hydrogen) atoms. The highest BCUT2D eigenvalue weighted by atomic mass is 32.1. The molecule has 184 valence electrons. The molecule has 0 spiro atoms. The van der Waals surface area contributed by atoms with Crippen LogP contribution in [-0.2, 0) is 0 Å². The Balaban J connectivity index is 1.50. The van der Waals surface area contributed by atoms with E-state index in [1.54, 1.807) is 0 Å². The molecule has 0 bridgehead atoms. The van der Waals surface area contributed by atoms with Crippen molar-refractivity contribution in [2.24, 2.45) is 0 Å². The Morgan fingerprint density at radius 1 is 0.282 bits per heavy atom. The van der Waals surface area contributed by atoms with Crippen LogP contribution in [0, 0.1) is 0 Å². The maximum absolute atomic E-state index is 2.38. The lowest BCUT2D eigenvalue weighted by atomic mass is 9.92. The van der Waals surface area contributed by atoms with E-state index in [0.29, 0.717) is 0 Å². The fraction of sp³-hybridized carbons (Fsp3) is 0. The first-order valence-electron chi connectivity index (χ1n) is 13.3. The lowest BCUT2D eigenvalue weighted by Crippen LogP contribution is -1.86. The number of benzene rings is 6. The molecule has 0 unspecified atom stereocenters. The Labute approximate surface area is 233 Å². The van der Waals surface area contributed by atoms with Gasteiger partial charge in [0.15, 0.2) is 0 Å². The second kappa shape index (κ2) is 10.2. The van der Waals surface area contributed by atoms with E-state index in [9.17, 15) is 0 Å². The van der Waals surface area contributed by atoms with Crippen molar-refractivity contribution in [1.82, 2.24) is 0 Å². The van der Waals surface area contributed by atoms with Gasteiger partial charge in [0.2, 0.25) is 0 Å². The molecule has 0 saturated heterocycles. The summed E-state index contributed by atoms with van der Waals surface area (Å²) >= 11 is 1.90. The van der Waals surface area contributed by atoms with E-state index in [1.807, 2.05) is 11.3 Å². The maximum Gasteiger partial charge on any atom is 0.0434 e. The Kier molecular flexibility index (Phi) is 6.13. The third kappa shape index (κ3) is 4.37. The number of rotatable bonds is 5. The van der Waals surface area contributed by atoms with Crippen molar-refractivity contribution in [3.63, 3.8) is 0 Å². The molecule has 0 nitrogen and oxygen atoms in total. The minimum Gasteiger partial charge on any atom is -0.134 e. The predicted octanol–water partition coefficient (Wildman–Crippen LogP) is 11.2. The van der Waals surface area contributed by atoms with Gasteiger partial charge < -0.3 is 0 Å². The summed E-state index contributed by atoms with van der Waals surface area (Å²) in [4.78, 5) is 2.62.